The fraction of sp³-hybridized carbons (Fsp3) is 0.0870. The predicted octanol–water partition coefficient (Wildman–Crippen LogP) is 3.54. The third kappa shape index (κ3) is 4.25. The summed E-state index contributed by atoms with van der Waals surface area (Å²) in [5, 5.41) is 7.73. The van der Waals surface area contributed by atoms with Gasteiger partial charge < -0.3 is 5.32 Å². The van der Waals surface area contributed by atoms with Crippen LogP contribution < -0.4 is 10.9 Å². The fourth-order valence-corrected chi connectivity index (χ4v) is 4.66. The maximum atomic E-state index is 13.2. The first-order valence-corrected chi connectivity index (χ1v) is 11.6. The Kier molecular flexibility index (Phi) is 6.03. The molecule has 0 unspecified atom stereocenters. The molecule has 4 rings (SSSR count). The van der Waals surface area contributed by atoms with Crippen molar-refractivity contribution in [1.82, 2.24) is 14.1 Å². The van der Waals surface area contributed by atoms with E-state index in [2.05, 4.69) is 10.4 Å². The second kappa shape index (κ2) is 8.78. The quantitative estimate of drug-likeness (QED) is 0.469. The van der Waals surface area contributed by atoms with Crippen LogP contribution in [0.2, 0.25) is 5.02 Å². The van der Waals surface area contributed by atoms with Gasteiger partial charge in [0.15, 0.2) is 5.69 Å². The van der Waals surface area contributed by atoms with Crippen LogP contribution in [0.4, 0.5) is 5.69 Å². The maximum Gasteiger partial charge on any atom is 0.279 e. The molecule has 0 saturated heterocycles. The molecule has 0 bridgehead atoms. The predicted molar refractivity (Wildman–Crippen MR) is 128 cm³/mol. The minimum atomic E-state index is -3.82. The topological polar surface area (TPSA) is 101 Å². The van der Waals surface area contributed by atoms with Gasteiger partial charge in [0.2, 0.25) is 10.0 Å². The molecule has 1 aromatic heterocycles. The minimum Gasteiger partial charge on any atom is -0.321 e. The second-order valence-corrected chi connectivity index (χ2v) is 9.86. The van der Waals surface area contributed by atoms with Crippen molar-refractivity contribution in [3.63, 3.8) is 0 Å². The molecule has 0 aliphatic heterocycles. The van der Waals surface area contributed by atoms with E-state index in [1.54, 1.807) is 48.5 Å². The standard InChI is InChI=1S/C23H19ClN4O4S/c1-27(2)33(31,32)20-14-15(12-13-19(20)24)25-22(29)21-17-10-6-7-11-18(17)23(30)28(26-21)16-8-4-3-5-9-16/h3-14H,1-2H3,(H,25,29). The van der Waals surface area contributed by atoms with E-state index in [4.69, 9.17) is 11.6 Å². The van der Waals surface area contributed by atoms with Crippen LogP contribution in [0.5, 0.6) is 0 Å². The zero-order valence-electron chi connectivity index (χ0n) is 17.7. The Morgan fingerprint density at radius 1 is 0.970 bits per heavy atom. The number of hydrogen-bond acceptors (Lipinski definition) is 5. The van der Waals surface area contributed by atoms with Gasteiger partial charge in [-0.05, 0) is 36.4 Å². The van der Waals surface area contributed by atoms with Gasteiger partial charge in [-0.25, -0.2) is 12.7 Å². The van der Waals surface area contributed by atoms with Gasteiger partial charge in [0, 0.05) is 25.2 Å². The third-order valence-electron chi connectivity index (χ3n) is 4.97. The number of sulfonamides is 1. The molecule has 0 radical (unpaired) electrons. The molecule has 0 spiro atoms. The van der Waals surface area contributed by atoms with Gasteiger partial charge in [0.1, 0.15) is 4.90 Å². The smallest absolute Gasteiger partial charge is 0.279 e. The maximum absolute atomic E-state index is 13.2. The summed E-state index contributed by atoms with van der Waals surface area (Å²) in [5.74, 6) is -0.605. The zero-order valence-corrected chi connectivity index (χ0v) is 19.3. The highest BCUT2D eigenvalue weighted by Crippen LogP contribution is 2.27. The van der Waals surface area contributed by atoms with E-state index in [-0.39, 0.29) is 26.9 Å². The van der Waals surface area contributed by atoms with Crippen molar-refractivity contribution in [2.75, 3.05) is 19.4 Å². The van der Waals surface area contributed by atoms with Crippen LogP contribution in [-0.2, 0) is 10.0 Å². The number of para-hydroxylation sites is 1. The number of carbonyl (C=O) groups is 1. The van der Waals surface area contributed by atoms with Crippen LogP contribution in [0.25, 0.3) is 16.5 Å². The summed E-state index contributed by atoms with van der Waals surface area (Å²) in [6, 6.07) is 19.6. The Labute approximate surface area is 195 Å². The second-order valence-electron chi connectivity index (χ2n) is 7.33. The van der Waals surface area contributed by atoms with Crippen molar-refractivity contribution in [1.29, 1.82) is 0 Å². The number of nitrogens with one attached hydrogen (secondary N) is 1. The molecule has 0 saturated carbocycles. The van der Waals surface area contributed by atoms with Crippen LogP contribution in [0.15, 0.2) is 82.5 Å². The first-order valence-electron chi connectivity index (χ1n) is 9.81. The first kappa shape index (κ1) is 22.7. The van der Waals surface area contributed by atoms with Crippen molar-refractivity contribution < 1.29 is 13.2 Å². The molecule has 0 atom stereocenters. The van der Waals surface area contributed by atoms with E-state index in [9.17, 15) is 18.0 Å². The molecule has 8 nitrogen and oxygen atoms in total. The van der Waals surface area contributed by atoms with E-state index >= 15 is 0 Å². The van der Waals surface area contributed by atoms with Gasteiger partial charge in [0.25, 0.3) is 11.5 Å². The number of hydrogen-bond donors (Lipinski definition) is 1. The van der Waals surface area contributed by atoms with Gasteiger partial charge in [0.05, 0.1) is 16.1 Å². The minimum absolute atomic E-state index is 0.0148. The molecule has 1 amide bonds. The highest BCUT2D eigenvalue weighted by atomic mass is 35.5. The van der Waals surface area contributed by atoms with Crippen molar-refractivity contribution in [2.24, 2.45) is 0 Å². The average Bonchev–Trinajstić information content (AvgIpc) is 2.81. The molecule has 0 aliphatic carbocycles. The normalized spacial score (nSPS) is 11.6. The number of anilines is 1. The molecule has 33 heavy (non-hydrogen) atoms. The molecule has 168 valence electrons. The Morgan fingerprint density at radius 3 is 2.27 bits per heavy atom. The number of amides is 1. The summed E-state index contributed by atoms with van der Waals surface area (Å²) >= 11 is 6.09. The number of aromatic nitrogens is 2. The van der Waals surface area contributed by atoms with E-state index in [0.717, 1.165) is 4.31 Å². The van der Waals surface area contributed by atoms with Crippen molar-refractivity contribution in [3.8, 4) is 5.69 Å². The molecular formula is C23H19ClN4O4S. The lowest BCUT2D eigenvalue weighted by molar-refractivity contribution is 0.102. The summed E-state index contributed by atoms with van der Waals surface area (Å²) in [5.41, 5.74) is 0.376. The number of fused-ring (bicyclic) bond motifs is 1. The Morgan fingerprint density at radius 2 is 1.61 bits per heavy atom. The molecule has 4 aromatic rings. The highest BCUT2D eigenvalue weighted by Gasteiger charge is 2.23. The summed E-state index contributed by atoms with van der Waals surface area (Å²) in [7, 11) is -1.05. The van der Waals surface area contributed by atoms with Gasteiger partial charge in [-0.2, -0.15) is 9.78 Å². The van der Waals surface area contributed by atoms with E-state index in [0.29, 0.717) is 16.5 Å². The van der Waals surface area contributed by atoms with Crippen LogP contribution in [0.3, 0.4) is 0 Å². The van der Waals surface area contributed by atoms with E-state index < -0.39 is 15.9 Å². The lowest BCUT2D eigenvalue weighted by Crippen LogP contribution is -2.26. The lowest BCUT2D eigenvalue weighted by Gasteiger charge is -2.15. The summed E-state index contributed by atoms with van der Waals surface area (Å²) in [4.78, 5) is 26.1. The van der Waals surface area contributed by atoms with Crippen LogP contribution >= 0.6 is 11.6 Å². The average molecular weight is 483 g/mol. The highest BCUT2D eigenvalue weighted by molar-refractivity contribution is 7.89. The molecule has 10 heteroatoms. The van der Waals surface area contributed by atoms with Crippen molar-refractivity contribution >= 4 is 44.0 Å². The van der Waals surface area contributed by atoms with E-state index in [1.165, 1.54) is 37.0 Å². The molecule has 3 aromatic carbocycles. The molecular weight excluding hydrogens is 464 g/mol. The largest absolute Gasteiger partial charge is 0.321 e. The monoisotopic (exact) mass is 482 g/mol. The van der Waals surface area contributed by atoms with Crippen molar-refractivity contribution in [3.05, 3.63) is 93.9 Å². The first-order chi connectivity index (χ1) is 15.7. The van der Waals surface area contributed by atoms with Crippen LogP contribution in [-0.4, -0.2) is 42.5 Å². The number of rotatable bonds is 5. The van der Waals surface area contributed by atoms with Gasteiger partial charge >= 0.3 is 0 Å². The molecule has 0 aliphatic rings. The SMILES string of the molecule is CN(C)S(=O)(=O)c1cc(NC(=O)c2nn(-c3ccccc3)c(=O)c3ccccc23)ccc1Cl. The van der Waals surface area contributed by atoms with Gasteiger partial charge in [-0.1, -0.05) is 48.0 Å². The molecule has 1 heterocycles. The van der Waals surface area contributed by atoms with Crippen LogP contribution in [0, 0.1) is 0 Å². The number of nitrogens with zero attached hydrogens (tertiary/aromatic N) is 3. The fourth-order valence-electron chi connectivity index (χ4n) is 3.27. The van der Waals surface area contributed by atoms with E-state index in [1.807, 2.05) is 6.07 Å². The molecule has 1 N–H and O–H groups in total. The Bertz CT molecular complexity index is 1530. The Balaban J connectivity index is 1.82. The zero-order chi connectivity index (χ0) is 23.8. The lowest BCUT2D eigenvalue weighted by atomic mass is 10.1. The summed E-state index contributed by atoms with van der Waals surface area (Å²) in [6.07, 6.45) is 0. The van der Waals surface area contributed by atoms with Gasteiger partial charge in [-0.15, -0.1) is 0 Å². The Hall–Kier alpha value is -3.53. The van der Waals surface area contributed by atoms with Gasteiger partial charge in [-0.3, -0.25) is 9.59 Å². The summed E-state index contributed by atoms with van der Waals surface area (Å²) < 4.78 is 27.3. The van der Waals surface area contributed by atoms with Crippen LogP contribution in [0.1, 0.15) is 10.5 Å². The number of carbonyl (C=O) groups excluding carboxylic acids is 1. The third-order valence-corrected chi connectivity index (χ3v) is 7.27. The summed E-state index contributed by atoms with van der Waals surface area (Å²) in [6.45, 7) is 0. The number of benzene rings is 3. The molecule has 0 fully saturated rings. The van der Waals surface area contributed by atoms with Crippen molar-refractivity contribution in [2.45, 2.75) is 4.90 Å². The number of halogens is 1.